The molecule has 8 heterocycles. The Kier molecular flexibility index (Phi) is 25.5. The Morgan fingerprint density at radius 2 is 0.828 bits per heavy atom. The standard InChI is InChI=1S/C47H56N6O4.C45H53N5O3.C7H13NO4/c1-9-29-19-41(53(24-29)46(55)42(26(4)5)51-47(56)57-8)44-49-38-17-13-33-21-31(11-15-35(33)43(38)50-44)30-10-14-34-32(20-30)12-16-37-36(34)22-39(48-37)40-18-27(6)23-52(40)45(54)28(7)25(2)3;1-9-28-19-40(50(24-28)44(52)53-45(6,7)8)42-47-37-17-13-32-21-30(11-15-34(32)41(37)48-42)29-10-14-33-31(20-29)12-16-36-35(33)22-38(46-36)39-18-26(4)23-49(39)43(51)27(5)25(2)3;1-4(2)5(6(9)10)8-7(11)12-3/h10-17,20-21,25-29,40-42H,9,18-19,22-24H2,1-8H3,(H,49,50)(H,51,56);10-17,20-21,25-28,39-40H,9,18-19,22-24H2,1-8H3,(H,47,48);4-5H,1-3H3,(H,8,11)(H,9,10)/t27-,28-,29-,40-,41-,42-;26-,27-,28-,39-,40-;5-/m000/s1. The van der Waals surface area contributed by atoms with E-state index in [1.807, 2.05) is 44.4 Å². The van der Waals surface area contributed by atoms with Gasteiger partial charge in [-0.05, 0) is 208 Å². The summed E-state index contributed by atoms with van der Waals surface area (Å²) in [6, 6.07) is 42.0. The van der Waals surface area contributed by atoms with Crippen molar-refractivity contribution in [3.63, 3.8) is 0 Å². The van der Waals surface area contributed by atoms with E-state index in [1.54, 1.807) is 13.8 Å². The molecule has 23 heteroatoms. The van der Waals surface area contributed by atoms with Gasteiger partial charge >= 0.3 is 24.2 Å². The molecule has 644 valence electrons. The van der Waals surface area contributed by atoms with Gasteiger partial charge in [-0.3, -0.25) is 29.3 Å². The molecule has 6 aliphatic rings. The van der Waals surface area contributed by atoms with Crippen LogP contribution in [0.25, 0.3) is 87.4 Å². The van der Waals surface area contributed by atoms with E-state index in [0.717, 1.165) is 165 Å². The van der Waals surface area contributed by atoms with Gasteiger partial charge in [0.25, 0.3) is 0 Å². The van der Waals surface area contributed by atoms with E-state index in [4.69, 9.17) is 34.5 Å². The fourth-order valence-electron chi connectivity index (χ4n) is 18.8. The lowest BCUT2D eigenvalue weighted by Gasteiger charge is -2.30. The number of aromatic nitrogens is 4. The molecule has 122 heavy (non-hydrogen) atoms. The maximum Gasteiger partial charge on any atom is 0.410 e. The van der Waals surface area contributed by atoms with Crippen molar-refractivity contribution in [2.75, 3.05) is 40.4 Å². The Morgan fingerprint density at radius 1 is 0.459 bits per heavy atom. The van der Waals surface area contributed by atoms with Gasteiger partial charge < -0.3 is 54.6 Å². The van der Waals surface area contributed by atoms with E-state index in [0.29, 0.717) is 48.6 Å². The zero-order valence-corrected chi connectivity index (χ0v) is 74.4. The van der Waals surface area contributed by atoms with Crippen LogP contribution in [0.5, 0.6) is 0 Å². The number of nitrogens with zero attached hydrogens (tertiary/aromatic N) is 8. The first-order chi connectivity index (χ1) is 58.1. The van der Waals surface area contributed by atoms with Crippen LogP contribution in [0.3, 0.4) is 0 Å². The highest BCUT2D eigenvalue weighted by atomic mass is 16.6. The van der Waals surface area contributed by atoms with Gasteiger partial charge in [0, 0.05) is 73.1 Å². The van der Waals surface area contributed by atoms with Crippen LogP contribution in [0.4, 0.5) is 25.8 Å². The zero-order chi connectivity index (χ0) is 87.4. The number of alkyl carbamates (subject to hydrolysis) is 2. The third-order valence-electron chi connectivity index (χ3n) is 26.5. The summed E-state index contributed by atoms with van der Waals surface area (Å²) in [5.74, 6) is 2.95. The highest BCUT2D eigenvalue weighted by Gasteiger charge is 2.45. The third kappa shape index (κ3) is 17.9. The highest BCUT2D eigenvalue weighted by Crippen LogP contribution is 2.45. The number of carboxylic acids is 1. The number of amides is 6. The van der Waals surface area contributed by atoms with Crippen LogP contribution in [0, 0.1) is 59.2 Å². The molecule has 0 saturated carbocycles. The Labute approximate surface area is 716 Å². The molecule has 10 aromatic rings. The summed E-state index contributed by atoms with van der Waals surface area (Å²) in [5, 5.41) is 22.8. The number of hydrogen-bond acceptors (Lipinski definition) is 14. The lowest BCUT2D eigenvalue weighted by molar-refractivity contribution is -0.140. The quantitative estimate of drug-likeness (QED) is 0.0500. The van der Waals surface area contributed by atoms with E-state index >= 15 is 0 Å². The largest absolute Gasteiger partial charge is 0.480 e. The van der Waals surface area contributed by atoms with Crippen molar-refractivity contribution in [2.45, 2.75) is 211 Å². The van der Waals surface area contributed by atoms with Crippen LogP contribution in [0.2, 0.25) is 0 Å². The Hall–Kier alpha value is -11.2. The normalized spacial score (nSPS) is 21.1. The number of aromatic amines is 2. The summed E-state index contributed by atoms with van der Waals surface area (Å²) in [6.45, 7) is 37.4. The average molecular weight is 1660 g/mol. The molecule has 2 aromatic heterocycles. The maximum absolute atomic E-state index is 14.0. The van der Waals surface area contributed by atoms with E-state index in [2.05, 4.69) is 226 Å². The number of benzene rings is 8. The molecule has 6 amide bonds. The number of carbonyl (C=O) groups excluding carboxylic acids is 6. The number of carboxylic acid groups (broad SMARTS) is 1. The SMILES string of the molecule is CC[C@H]1C[C@@H](c2nc3c(ccc4cc(-c5ccc6c7c(ccc6c5)N=C([C@@H]5C[C@H](C)CN5C(=O)[C@@H](C)C(C)C)C7)ccc43)[nH]2)N(C(=O)OC(C)(C)C)C1.CC[C@H]1C[C@@H](c2nc3c(ccc4cc(-c5ccc6c7c(ccc6c5)N=C([C@@H]5C[C@H](C)CN5C(=O)[C@@H](C)C(C)C)C7)ccc43)[nH]2)N(C(=O)[C@@H](NC(=O)OC)C(C)C)C1.COC(=O)N[C@H](C(=O)O)C(C)C. The van der Waals surface area contributed by atoms with Crippen molar-refractivity contribution < 1.29 is 52.9 Å². The van der Waals surface area contributed by atoms with Crippen molar-refractivity contribution in [2.24, 2.45) is 69.2 Å². The molecule has 0 bridgehead atoms. The third-order valence-corrected chi connectivity index (χ3v) is 26.5. The molecule has 0 aliphatic carbocycles. The fourth-order valence-corrected chi connectivity index (χ4v) is 18.8. The van der Waals surface area contributed by atoms with Crippen LogP contribution in [0.15, 0.2) is 131 Å². The molecule has 0 radical (unpaired) electrons. The van der Waals surface area contributed by atoms with Crippen LogP contribution >= 0.6 is 0 Å². The van der Waals surface area contributed by atoms with Gasteiger partial charge in [-0.25, -0.2) is 29.1 Å². The predicted molar refractivity (Wildman–Crippen MR) is 484 cm³/mol. The average Bonchev–Trinajstić information content (AvgIpc) is 1.59. The van der Waals surface area contributed by atoms with E-state index in [9.17, 15) is 33.6 Å². The monoisotopic (exact) mass is 1650 g/mol. The van der Waals surface area contributed by atoms with Gasteiger partial charge in [-0.2, -0.15) is 0 Å². The maximum atomic E-state index is 14.0. The van der Waals surface area contributed by atoms with E-state index in [1.165, 1.54) is 46.9 Å². The van der Waals surface area contributed by atoms with Crippen LogP contribution in [-0.2, 0) is 46.2 Å². The minimum atomic E-state index is -1.06. The van der Waals surface area contributed by atoms with Crippen molar-refractivity contribution in [1.82, 2.24) is 50.2 Å². The minimum Gasteiger partial charge on any atom is -0.480 e. The smallest absolute Gasteiger partial charge is 0.410 e. The Balaban J connectivity index is 0.000000176. The summed E-state index contributed by atoms with van der Waals surface area (Å²) in [7, 11) is 2.50. The molecule has 12 atom stereocenters. The van der Waals surface area contributed by atoms with Gasteiger partial charge in [-0.1, -0.05) is 183 Å². The molecule has 5 N–H and O–H groups in total. The van der Waals surface area contributed by atoms with E-state index < -0.39 is 35.8 Å². The number of methoxy groups -OCH3 is 2. The zero-order valence-electron chi connectivity index (χ0n) is 74.4. The number of H-pyrrole nitrogens is 2. The van der Waals surface area contributed by atoms with Crippen molar-refractivity contribution in [1.29, 1.82) is 0 Å². The predicted octanol–water partition coefficient (Wildman–Crippen LogP) is 20.2. The number of rotatable bonds is 18. The van der Waals surface area contributed by atoms with Gasteiger partial charge in [0.2, 0.25) is 17.7 Å². The number of imidazole rings is 2. The molecule has 4 fully saturated rings. The molecule has 23 nitrogen and oxygen atoms in total. The molecule has 6 aliphatic heterocycles. The highest BCUT2D eigenvalue weighted by molar-refractivity contribution is 6.10. The van der Waals surface area contributed by atoms with Crippen LogP contribution in [-0.4, -0.2) is 168 Å². The van der Waals surface area contributed by atoms with Crippen LogP contribution < -0.4 is 10.6 Å². The lowest BCUT2D eigenvalue weighted by atomic mass is 9.93. The number of fused-ring (bicyclic) bond motifs is 12. The van der Waals surface area contributed by atoms with Gasteiger partial charge in [-0.15, -0.1) is 0 Å². The molecule has 4 saturated heterocycles. The number of carbonyl (C=O) groups is 7. The molecule has 8 aromatic carbocycles. The number of hydrogen-bond donors (Lipinski definition) is 5. The number of aliphatic carboxylic acids is 1. The topological polar surface area (TPSA) is 287 Å². The molecular formula is C99H122N12O11. The number of aliphatic imine (C=N–C) groups is 2. The van der Waals surface area contributed by atoms with Gasteiger partial charge in [0.15, 0.2) is 0 Å². The summed E-state index contributed by atoms with van der Waals surface area (Å²) >= 11 is 0. The lowest BCUT2D eigenvalue weighted by Crippen LogP contribution is -2.51. The second-order valence-electron chi connectivity index (χ2n) is 37.6. The number of nitrogens with one attached hydrogen (secondary N) is 4. The minimum absolute atomic E-state index is 0.00463. The summed E-state index contributed by atoms with van der Waals surface area (Å²) in [6.07, 6.45) is 5.52. The molecule has 0 spiro atoms. The fraction of sp³-hybridized carbons (Fsp3) is 0.485. The number of ether oxygens (including phenoxy) is 3. The molecule has 16 rings (SSSR count). The summed E-state index contributed by atoms with van der Waals surface area (Å²) in [5.41, 5.74) is 14.6. The molecular weight excluding hydrogens is 1530 g/mol. The first-order valence-corrected chi connectivity index (χ1v) is 44.1. The first-order valence-electron chi connectivity index (χ1n) is 44.1. The van der Waals surface area contributed by atoms with E-state index in [-0.39, 0.29) is 71.7 Å². The molecule has 0 unspecified atom stereocenters. The number of likely N-dealkylation sites (tertiary alicyclic amines) is 4. The Bertz CT molecular complexity index is 5750. The van der Waals surface area contributed by atoms with Crippen molar-refractivity contribution >= 4 is 130 Å². The Morgan fingerprint density at radius 3 is 1.20 bits per heavy atom. The van der Waals surface area contributed by atoms with Crippen molar-refractivity contribution in [3.05, 3.63) is 144 Å². The first kappa shape index (κ1) is 87.1. The van der Waals surface area contributed by atoms with Gasteiger partial charge in [0.1, 0.15) is 29.3 Å². The summed E-state index contributed by atoms with van der Waals surface area (Å²) in [4.78, 5) is 123. The summed E-state index contributed by atoms with van der Waals surface area (Å²) < 4.78 is 14.9. The van der Waals surface area contributed by atoms with Gasteiger partial charge in [0.05, 0.1) is 71.8 Å². The van der Waals surface area contributed by atoms with Crippen LogP contribution in [0.1, 0.15) is 191 Å². The second-order valence-corrected chi connectivity index (χ2v) is 37.6. The van der Waals surface area contributed by atoms with Crippen molar-refractivity contribution in [3.8, 4) is 22.3 Å². The second kappa shape index (κ2) is 35.7.